The molecule has 0 heterocycles. The number of nitrogens with zero attached hydrogens (tertiary/aromatic N) is 2. The second-order valence-electron chi connectivity index (χ2n) is 15.0. The van der Waals surface area contributed by atoms with Crippen LogP contribution in [0.5, 0.6) is 0 Å². The number of carbonyl (C=O) groups excluding carboxylic acids is 2. The van der Waals surface area contributed by atoms with E-state index in [4.69, 9.17) is 9.16 Å². The molecule has 0 spiro atoms. The summed E-state index contributed by atoms with van der Waals surface area (Å²) in [7, 11) is 0.280. The largest absolute Gasteiger partial charge is 0.480 e. The maximum atomic E-state index is 13.7. The van der Waals surface area contributed by atoms with Gasteiger partial charge in [0, 0.05) is 26.6 Å². The van der Waals surface area contributed by atoms with Crippen LogP contribution in [0.15, 0.2) is 109 Å². The van der Waals surface area contributed by atoms with E-state index in [-0.39, 0.29) is 23.5 Å². The Hall–Kier alpha value is -4.73. The second kappa shape index (κ2) is 16.3. The van der Waals surface area contributed by atoms with Crippen LogP contribution >= 0.6 is 0 Å². The van der Waals surface area contributed by atoms with Crippen LogP contribution in [0.2, 0.25) is 5.04 Å². The first kappa shape index (κ1) is 38.5. The molecule has 4 aromatic rings. The molecule has 0 fully saturated rings. The number of ether oxygens (including phenoxy) is 1. The van der Waals surface area contributed by atoms with E-state index in [0.29, 0.717) is 19.4 Å². The first-order chi connectivity index (χ1) is 24.8. The number of benzene rings is 4. The zero-order chi connectivity index (χ0) is 37.6. The third-order valence-corrected chi connectivity index (χ3v) is 15.7. The van der Waals surface area contributed by atoms with Crippen LogP contribution in [0, 0.1) is 5.92 Å². The molecule has 0 aliphatic heterocycles. The third kappa shape index (κ3) is 7.71. The van der Waals surface area contributed by atoms with E-state index in [1.165, 1.54) is 34.3 Å². The molecule has 9 heteroatoms. The lowest BCUT2D eigenvalue weighted by Crippen LogP contribution is -2.66. The summed E-state index contributed by atoms with van der Waals surface area (Å²) < 4.78 is 12.8. The highest BCUT2D eigenvalue weighted by Gasteiger charge is 2.50. The molecule has 0 aromatic heterocycles. The Morgan fingerprint density at radius 2 is 1.23 bits per heavy atom. The molecule has 52 heavy (non-hydrogen) atoms. The molecule has 2 amide bonds. The lowest BCUT2D eigenvalue weighted by Gasteiger charge is -2.43. The van der Waals surface area contributed by atoms with E-state index < -0.39 is 38.4 Å². The van der Waals surface area contributed by atoms with E-state index in [0.717, 1.165) is 22.3 Å². The summed E-state index contributed by atoms with van der Waals surface area (Å²) in [5.74, 6) is -2.05. The Morgan fingerprint density at radius 1 is 0.750 bits per heavy atom. The monoisotopic (exact) mass is 720 g/mol. The second-order valence-corrected chi connectivity index (χ2v) is 19.3. The van der Waals surface area contributed by atoms with Crippen molar-refractivity contribution in [3.8, 4) is 11.1 Å². The van der Waals surface area contributed by atoms with Crippen molar-refractivity contribution in [2.45, 2.75) is 70.5 Å². The van der Waals surface area contributed by atoms with Crippen molar-refractivity contribution in [1.29, 1.82) is 0 Å². The SMILES string of the molecule is CC(C(=O)N(C)[C@H](C(=O)O)[C@H](C)CCCO[Si](c1ccccc1)(c1ccccc1)C(C)(C)C)N(C)C(=O)OCC1c2ccccc2-c2ccccc21. The summed E-state index contributed by atoms with van der Waals surface area (Å²) in [6.07, 6.45) is 0.507. The Bertz CT molecular complexity index is 1760. The van der Waals surface area contributed by atoms with Crippen LogP contribution in [0.4, 0.5) is 4.79 Å². The number of carboxylic acids is 1. The third-order valence-electron chi connectivity index (χ3n) is 10.7. The molecule has 1 aliphatic carbocycles. The van der Waals surface area contributed by atoms with Gasteiger partial charge in [0.15, 0.2) is 0 Å². The van der Waals surface area contributed by atoms with Gasteiger partial charge < -0.3 is 19.2 Å². The lowest BCUT2D eigenvalue weighted by molar-refractivity contribution is -0.153. The highest BCUT2D eigenvalue weighted by atomic mass is 28.4. The van der Waals surface area contributed by atoms with E-state index in [9.17, 15) is 19.5 Å². The molecule has 0 bridgehead atoms. The highest BCUT2D eigenvalue weighted by Crippen LogP contribution is 2.44. The summed E-state index contributed by atoms with van der Waals surface area (Å²) in [6, 6.07) is 35.0. The predicted octanol–water partition coefficient (Wildman–Crippen LogP) is 7.16. The number of likely N-dealkylation sites (N-methyl/N-ethyl adjacent to an activating group) is 2. The fourth-order valence-corrected chi connectivity index (χ4v) is 12.4. The number of rotatable bonds is 14. The topological polar surface area (TPSA) is 96.4 Å². The van der Waals surface area contributed by atoms with Gasteiger partial charge in [-0.1, -0.05) is 137 Å². The zero-order valence-corrected chi connectivity index (χ0v) is 32.4. The minimum Gasteiger partial charge on any atom is -0.480 e. The van der Waals surface area contributed by atoms with Gasteiger partial charge in [-0.05, 0) is 63.3 Å². The minimum atomic E-state index is -2.73. The van der Waals surface area contributed by atoms with Crippen molar-refractivity contribution >= 4 is 36.7 Å². The molecule has 274 valence electrons. The summed E-state index contributed by atoms with van der Waals surface area (Å²) >= 11 is 0. The van der Waals surface area contributed by atoms with Crippen molar-refractivity contribution < 1.29 is 28.7 Å². The maximum Gasteiger partial charge on any atom is 0.410 e. The molecular weight excluding hydrogens is 669 g/mol. The Labute approximate surface area is 309 Å². The number of hydrogen-bond acceptors (Lipinski definition) is 5. The number of amides is 2. The number of carboxylic acid groups (broad SMARTS) is 1. The van der Waals surface area contributed by atoms with Crippen molar-refractivity contribution in [1.82, 2.24) is 9.80 Å². The lowest BCUT2D eigenvalue weighted by atomic mass is 9.95. The van der Waals surface area contributed by atoms with Crippen LogP contribution in [-0.2, 0) is 18.8 Å². The van der Waals surface area contributed by atoms with Crippen LogP contribution in [0.25, 0.3) is 11.1 Å². The molecule has 1 unspecified atom stereocenters. The smallest absolute Gasteiger partial charge is 0.410 e. The molecule has 5 rings (SSSR count). The predicted molar refractivity (Wildman–Crippen MR) is 208 cm³/mol. The Balaban J connectivity index is 1.21. The van der Waals surface area contributed by atoms with Crippen LogP contribution in [-0.4, -0.2) is 80.6 Å². The fraction of sp³-hybridized carbons (Fsp3) is 0.372. The number of hydrogen-bond donors (Lipinski definition) is 1. The van der Waals surface area contributed by atoms with Gasteiger partial charge in [-0.25, -0.2) is 9.59 Å². The Kier molecular flexibility index (Phi) is 12.1. The zero-order valence-electron chi connectivity index (χ0n) is 31.4. The van der Waals surface area contributed by atoms with E-state index >= 15 is 0 Å². The van der Waals surface area contributed by atoms with Gasteiger partial charge in [0.1, 0.15) is 18.7 Å². The van der Waals surface area contributed by atoms with Crippen molar-refractivity contribution in [3.63, 3.8) is 0 Å². The van der Waals surface area contributed by atoms with Crippen molar-refractivity contribution in [3.05, 3.63) is 120 Å². The first-order valence-corrected chi connectivity index (χ1v) is 20.0. The molecule has 0 saturated carbocycles. The number of carbonyl (C=O) groups is 3. The van der Waals surface area contributed by atoms with Gasteiger partial charge in [0.05, 0.1) is 0 Å². The number of fused-ring (bicyclic) bond motifs is 3. The molecule has 3 atom stereocenters. The minimum absolute atomic E-state index is 0.115. The Morgan fingerprint density at radius 3 is 1.71 bits per heavy atom. The first-order valence-electron chi connectivity index (χ1n) is 18.1. The maximum absolute atomic E-state index is 13.7. The summed E-state index contributed by atoms with van der Waals surface area (Å²) in [6.45, 7) is 10.7. The molecule has 1 N–H and O–H groups in total. The molecular formula is C43H52N2O6Si. The highest BCUT2D eigenvalue weighted by molar-refractivity contribution is 6.99. The molecule has 8 nitrogen and oxygen atoms in total. The van der Waals surface area contributed by atoms with Crippen molar-refractivity contribution in [2.75, 3.05) is 27.3 Å². The van der Waals surface area contributed by atoms with E-state index in [1.54, 1.807) is 6.92 Å². The summed E-state index contributed by atoms with van der Waals surface area (Å²) in [5, 5.41) is 12.5. The molecule has 0 radical (unpaired) electrons. The molecule has 1 aliphatic rings. The summed E-state index contributed by atoms with van der Waals surface area (Å²) in [5.41, 5.74) is 4.44. The fourth-order valence-electron chi connectivity index (χ4n) is 7.79. The van der Waals surface area contributed by atoms with Gasteiger partial charge in [-0.2, -0.15) is 0 Å². The standard InChI is InChI=1S/C43H52N2O6Si/c1-30(19-18-28-51-52(43(3,4)5,32-20-10-8-11-21-32)33-22-12-9-13-23-33)39(41(47)48)45(7)40(46)31(2)44(6)42(49)50-29-38-36-26-16-14-24-34(36)35-25-15-17-27-37(35)38/h8-17,20-27,30-31,38-39H,18-19,28-29H2,1-7H3,(H,47,48)/t30-,31?,39+/m1/s1. The average molecular weight is 721 g/mol. The quantitative estimate of drug-likeness (QED) is 0.110. The molecule has 4 aromatic carbocycles. The van der Waals surface area contributed by atoms with Gasteiger partial charge >= 0.3 is 12.1 Å². The average Bonchev–Trinajstić information content (AvgIpc) is 3.46. The van der Waals surface area contributed by atoms with E-state index in [2.05, 4.69) is 57.2 Å². The normalized spacial score (nSPS) is 14.4. The van der Waals surface area contributed by atoms with Gasteiger partial charge in [-0.3, -0.25) is 9.69 Å². The van der Waals surface area contributed by atoms with Crippen LogP contribution in [0.3, 0.4) is 0 Å². The van der Waals surface area contributed by atoms with Crippen molar-refractivity contribution in [2.24, 2.45) is 5.92 Å². The van der Waals surface area contributed by atoms with Gasteiger partial charge in [-0.15, -0.1) is 0 Å². The van der Waals surface area contributed by atoms with E-state index in [1.807, 2.05) is 79.7 Å². The van der Waals surface area contributed by atoms with Crippen LogP contribution < -0.4 is 10.4 Å². The molecule has 0 saturated heterocycles. The van der Waals surface area contributed by atoms with Gasteiger partial charge in [0.2, 0.25) is 5.91 Å². The number of aliphatic carboxylic acids is 1. The summed E-state index contributed by atoms with van der Waals surface area (Å²) in [4.78, 5) is 42.1. The van der Waals surface area contributed by atoms with Crippen LogP contribution in [0.1, 0.15) is 64.5 Å². The van der Waals surface area contributed by atoms with Gasteiger partial charge in [0.25, 0.3) is 8.32 Å².